The van der Waals surface area contributed by atoms with E-state index in [4.69, 9.17) is 14.2 Å². The van der Waals surface area contributed by atoms with Crippen LogP contribution in [0.2, 0.25) is 0 Å². The molecule has 1 aliphatic heterocycles. The molecule has 31 heavy (non-hydrogen) atoms. The number of benzene rings is 2. The second-order valence-corrected chi connectivity index (χ2v) is 8.21. The van der Waals surface area contributed by atoms with Crippen LogP contribution in [-0.4, -0.2) is 47.3 Å². The lowest BCUT2D eigenvalue weighted by Gasteiger charge is -2.25. The summed E-state index contributed by atoms with van der Waals surface area (Å²) >= 11 is 1.63. The first-order chi connectivity index (χ1) is 15.2. The maximum absolute atomic E-state index is 12.4. The number of rotatable bonds is 6. The molecule has 8 nitrogen and oxygen atoms in total. The fourth-order valence-corrected chi connectivity index (χ4v) is 4.44. The topological polar surface area (TPSA) is 93.4 Å². The number of nitrogens with zero attached hydrogens (tertiary/aromatic N) is 4. The summed E-state index contributed by atoms with van der Waals surface area (Å²) in [5, 5.41) is 7.93. The highest BCUT2D eigenvalue weighted by Crippen LogP contribution is 2.31. The minimum Gasteiger partial charge on any atom is -0.378 e. The third-order valence-electron chi connectivity index (χ3n) is 5.01. The number of anilines is 2. The highest BCUT2D eigenvalue weighted by atomic mass is 32.1. The Labute approximate surface area is 182 Å². The molecule has 0 spiro atoms. The minimum absolute atomic E-state index is 0.100. The fourth-order valence-electron chi connectivity index (χ4n) is 3.38. The number of hydrogen-bond acceptors (Lipinski definition) is 8. The number of carbonyl (C=O) groups excluding carboxylic acids is 1. The summed E-state index contributed by atoms with van der Waals surface area (Å²) in [5.74, 6) is 0.876. The first-order valence-corrected chi connectivity index (χ1v) is 11.0. The summed E-state index contributed by atoms with van der Waals surface area (Å²) < 4.78 is 11.7. The van der Waals surface area contributed by atoms with Gasteiger partial charge in [-0.1, -0.05) is 46.8 Å². The molecule has 4 aromatic rings. The van der Waals surface area contributed by atoms with Gasteiger partial charge in [-0.3, -0.25) is 4.79 Å². The lowest BCUT2D eigenvalue weighted by atomic mass is 10.2. The second kappa shape index (κ2) is 8.83. The molecule has 2 aromatic heterocycles. The van der Waals surface area contributed by atoms with Crippen molar-refractivity contribution in [3.63, 3.8) is 0 Å². The zero-order valence-electron chi connectivity index (χ0n) is 16.8. The Morgan fingerprint density at radius 2 is 1.94 bits per heavy atom. The average Bonchev–Trinajstić information content (AvgIpc) is 3.46. The summed E-state index contributed by atoms with van der Waals surface area (Å²) in [5.41, 5.74) is 2.57. The minimum atomic E-state index is -0.100. The van der Waals surface area contributed by atoms with Gasteiger partial charge in [0.1, 0.15) is 0 Å². The SMILES string of the molecule is O=C(CCc1nc(-c2ccccc2)no1)Nc1ccc2nc(N3CCOCC3)sc2c1. The van der Waals surface area contributed by atoms with Crippen LogP contribution in [-0.2, 0) is 16.0 Å². The van der Waals surface area contributed by atoms with Crippen LogP contribution < -0.4 is 10.2 Å². The second-order valence-electron chi connectivity index (χ2n) is 7.20. The molecule has 0 unspecified atom stereocenters. The molecule has 1 aliphatic rings. The number of aryl methyl sites for hydroxylation is 1. The smallest absolute Gasteiger partial charge is 0.227 e. The fraction of sp³-hybridized carbons (Fsp3) is 0.273. The van der Waals surface area contributed by atoms with E-state index in [1.165, 1.54) is 0 Å². The molecule has 1 fully saturated rings. The summed E-state index contributed by atoms with van der Waals surface area (Å²) in [4.78, 5) is 23.7. The van der Waals surface area contributed by atoms with Gasteiger partial charge < -0.3 is 19.5 Å². The molecule has 1 amide bonds. The average molecular weight is 436 g/mol. The Bertz CT molecular complexity index is 1180. The number of aromatic nitrogens is 3. The number of ether oxygens (including phenoxy) is 1. The number of nitrogens with one attached hydrogen (secondary N) is 1. The van der Waals surface area contributed by atoms with E-state index < -0.39 is 0 Å². The van der Waals surface area contributed by atoms with Crippen LogP contribution in [0.15, 0.2) is 53.1 Å². The Kier molecular flexibility index (Phi) is 5.59. The Balaban J connectivity index is 1.20. The molecule has 0 saturated carbocycles. The number of hydrogen-bond donors (Lipinski definition) is 1. The maximum atomic E-state index is 12.4. The van der Waals surface area contributed by atoms with Gasteiger partial charge >= 0.3 is 0 Å². The Hall–Kier alpha value is -3.30. The summed E-state index contributed by atoms with van der Waals surface area (Å²) in [6.07, 6.45) is 0.645. The molecule has 0 bridgehead atoms. The van der Waals surface area contributed by atoms with Crippen LogP contribution in [0.3, 0.4) is 0 Å². The lowest BCUT2D eigenvalue weighted by Crippen LogP contribution is -2.36. The molecule has 0 aliphatic carbocycles. The monoisotopic (exact) mass is 435 g/mol. The van der Waals surface area contributed by atoms with Crippen LogP contribution in [0.4, 0.5) is 10.8 Å². The lowest BCUT2D eigenvalue weighted by molar-refractivity contribution is -0.116. The Morgan fingerprint density at radius 3 is 2.77 bits per heavy atom. The largest absolute Gasteiger partial charge is 0.378 e. The normalized spacial score (nSPS) is 14.1. The number of amides is 1. The van der Waals surface area contributed by atoms with Crippen molar-refractivity contribution >= 4 is 38.3 Å². The predicted molar refractivity (Wildman–Crippen MR) is 119 cm³/mol. The van der Waals surface area contributed by atoms with E-state index in [1.807, 2.05) is 48.5 Å². The van der Waals surface area contributed by atoms with Crippen LogP contribution in [0.5, 0.6) is 0 Å². The van der Waals surface area contributed by atoms with Gasteiger partial charge in [-0.15, -0.1) is 0 Å². The van der Waals surface area contributed by atoms with Crippen molar-refractivity contribution in [2.75, 3.05) is 36.5 Å². The number of carbonyl (C=O) groups is 1. The van der Waals surface area contributed by atoms with Crippen molar-refractivity contribution in [2.24, 2.45) is 0 Å². The van der Waals surface area contributed by atoms with E-state index in [0.717, 1.165) is 52.9 Å². The van der Waals surface area contributed by atoms with Crippen molar-refractivity contribution in [2.45, 2.75) is 12.8 Å². The van der Waals surface area contributed by atoms with Gasteiger partial charge in [0.05, 0.1) is 23.4 Å². The number of fused-ring (bicyclic) bond motifs is 1. The highest BCUT2D eigenvalue weighted by Gasteiger charge is 2.16. The van der Waals surface area contributed by atoms with Crippen LogP contribution in [0, 0.1) is 0 Å². The third-order valence-corrected chi connectivity index (χ3v) is 6.09. The van der Waals surface area contributed by atoms with Gasteiger partial charge in [-0.25, -0.2) is 4.98 Å². The maximum Gasteiger partial charge on any atom is 0.227 e. The first kappa shape index (κ1) is 19.7. The number of thiazole rings is 1. The molecule has 0 radical (unpaired) electrons. The number of morpholine rings is 1. The van der Waals surface area contributed by atoms with Gasteiger partial charge in [-0.2, -0.15) is 4.98 Å². The summed E-state index contributed by atoms with van der Waals surface area (Å²) in [6, 6.07) is 15.4. The van der Waals surface area contributed by atoms with E-state index in [2.05, 4.69) is 20.4 Å². The molecule has 9 heteroatoms. The van der Waals surface area contributed by atoms with Crippen molar-refractivity contribution < 1.29 is 14.1 Å². The predicted octanol–water partition coefficient (Wildman–Crippen LogP) is 3.75. The quantitative estimate of drug-likeness (QED) is 0.493. The van der Waals surface area contributed by atoms with E-state index >= 15 is 0 Å². The molecular weight excluding hydrogens is 414 g/mol. The van der Waals surface area contributed by atoms with E-state index in [-0.39, 0.29) is 12.3 Å². The molecule has 1 saturated heterocycles. The van der Waals surface area contributed by atoms with Gasteiger partial charge in [-0.05, 0) is 18.2 Å². The molecule has 0 atom stereocenters. The van der Waals surface area contributed by atoms with Crippen molar-refractivity contribution in [1.29, 1.82) is 0 Å². The van der Waals surface area contributed by atoms with Crippen LogP contribution in [0.25, 0.3) is 21.6 Å². The van der Waals surface area contributed by atoms with E-state index in [9.17, 15) is 4.79 Å². The van der Waals surface area contributed by atoms with Crippen molar-refractivity contribution in [3.05, 3.63) is 54.4 Å². The van der Waals surface area contributed by atoms with Crippen molar-refractivity contribution in [1.82, 2.24) is 15.1 Å². The van der Waals surface area contributed by atoms with Gasteiger partial charge in [0.25, 0.3) is 0 Å². The van der Waals surface area contributed by atoms with Crippen LogP contribution in [0.1, 0.15) is 12.3 Å². The highest BCUT2D eigenvalue weighted by molar-refractivity contribution is 7.22. The van der Waals surface area contributed by atoms with Crippen molar-refractivity contribution in [3.8, 4) is 11.4 Å². The molecule has 5 rings (SSSR count). The van der Waals surface area contributed by atoms with Gasteiger partial charge in [0.15, 0.2) is 5.13 Å². The first-order valence-electron chi connectivity index (χ1n) is 10.2. The molecular formula is C22H21N5O3S. The van der Waals surface area contributed by atoms with Gasteiger partial charge in [0, 0.05) is 37.2 Å². The summed E-state index contributed by atoms with van der Waals surface area (Å²) in [7, 11) is 0. The molecule has 158 valence electrons. The molecule has 1 N–H and O–H groups in total. The van der Waals surface area contributed by atoms with Crippen LogP contribution >= 0.6 is 11.3 Å². The zero-order chi connectivity index (χ0) is 21.0. The molecule has 2 aromatic carbocycles. The van der Waals surface area contributed by atoms with E-state index in [0.29, 0.717) is 18.1 Å². The Morgan fingerprint density at radius 1 is 1.10 bits per heavy atom. The van der Waals surface area contributed by atoms with E-state index in [1.54, 1.807) is 11.3 Å². The zero-order valence-corrected chi connectivity index (χ0v) is 17.6. The summed E-state index contributed by atoms with van der Waals surface area (Å²) in [6.45, 7) is 3.16. The van der Waals surface area contributed by atoms with Gasteiger partial charge in [0.2, 0.25) is 17.6 Å². The molecule has 3 heterocycles. The third kappa shape index (κ3) is 4.57. The standard InChI is InChI=1S/C22H21N5O3S/c28-19(8-9-20-25-21(26-30-20)15-4-2-1-3-5-15)23-16-6-7-17-18(14-16)31-22(24-17)27-10-12-29-13-11-27/h1-7,14H,8-13H2,(H,23,28).